The van der Waals surface area contributed by atoms with Gasteiger partial charge in [-0.05, 0) is 41.5 Å². The maximum atomic E-state index is 12.7. The smallest absolute Gasteiger partial charge is 0.251 e. The second kappa shape index (κ2) is 7.83. The van der Waals surface area contributed by atoms with Crippen LogP contribution in [-0.4, -0.2) is 23.3 Å². The number of benzene rings is 1. The van der Waals surface area contributed by atoms with Crippen molar-refractivity contribution in [3.05, 3.63) is 57.8 Å². The lowest BCUT2D eigenvalue weighted by Crippen LogP contribution is -2.31. The highest BCUT2D eigenvalue weighted by molar-refractivity contribution is 7.10. The quantitative estimate of drug-likeness (QED) is 0.850. The zero-order valence-corrected chi connectivity index (χ0v) is 15.5. The Morgan fingerprint density at radius 1 is 1.28 bits per heavy atom. The molecule has 1 aromatic heterocycles. The van der Waals surface area contributed by atoms with Crippen molar-refractivity contribution in [2.24, 2.45) is 5.92 Å². The maximum Gasteiger partial charge on any atom is 0.251 e. The Hall–Kier alpha value is -2.14. The van der Waals surface area contributed by atoms with Crippen LogP contribution in [0, 0.1) is 5.92 Å². The van der Waals surface area contributed by atoms with Gasteiger partial charge < -0.3 is 10.2 Å². The number of rotatable bonds is 6. The third-order valence-corrected chi connectivity index (χ3v) is 5.49. The van der Waals surface area contributed by atoms with Crippen LogP contribution in [0.25, 0.3) is 0 Å². The molecule has 5 heteroatoms. The van der Waals surface area contributed by atoms with E-state index >= 15 is 0 Å². The molecule has 1 fully saturated rings. The summed E-state index contributed by atoms with van der Waals surface area (Å²) in [7, 11) is 0. The van der Waals surface area contributed by atoms with E-state index in [1.165, 1.54) is 4.88 Å². The van der Waals surface area contributed by atoms with Gasteiger partial charge in [0.15, 0.2) is 0 Å². The molecule has 1 saturated heterocycles. The highest BCUT2D eigenvalue weighted by atomic mass is 32.1. The minimum absolute atomic E-state index is 0.0105. The summed E-state index contributed by atoms with van der Waals surface area (Å²) in [5.41, 5.74) is 1.64. The minimum Gasteiger partial charge on any atom is -0.344 e. The predicted molar refractivity (Wildman–Crippen MR) is 100 cm³/mol. The van der Waals surface area contributed by atoms with Crippen LogP contribution in [0.4, 0.5) is 0 Å². The zero-order valence-electron chi connectivity index (χ0n) is 14.7. The van der Waals surface area contributed by atoms with Crippen molar-refractivity contribution in [2.75, 3.05) is 6.54 Å². The number of likely N-dealkylation sites (tertiary alicyclic amines) is 1. The summed E-state index contributed by atoms with van der Waals surface area (Å²) < 4.78 is 0. The average molecular weight is 356 g/mol. The van der Waals surface area contributed by atoms with E-state index in [1.54, 1.807) is 11.3 Å². The van der Waals surface area contributed by atoms with Gasteiger partial charge in [0.1, 0.15) is 0 Å². The highest BCUT2D eigenvalue weighted by Crippen LogP contribution is 2.26. The second-order valence-corrected chi connectivity index (χ2v) is 7.81. The van der Waals surface area contributed by atoms with Gasteiger partial charge in [-0.15, -0.1) is 11.3 Å². The van der Waals surface area contributed by atoms with Gasteiger partial charge in [-0.3, -0.25) is 9.59 Å². The molecule has 0 spiro atoms. The summed E-state index contributed by atoms with van der Waals surface area (Å²) in [6.45, 7) is 5.61. The Morgan fingerprint density at radius 2 is 2.12 bits per heavy atom. The van der Waals surface area contributed by atoms with Crippen LogP contribution in [-0.2, 0) is 11.3 Å². The largest absolute Gasteiger partial charge is 0.344 e. The monoisotopic (exact) mass is 356 g/mol. The first-order valence-corrected chi connectivity index (χ1v) is 9.63. The van der Waals surface area contributed by atoms with Gasteiger partial charge in [0, 0.05) is 30.0 Å². The third kappa shape index (κ3) is 4.28. The molecule has 0 saturated carbocycles. The number of nitrogens with one attached hydrogen (secondary N) is 1. The molecule has 0 unspecified atom stereocenters. The van der Waals surface area contributed by atoms with Crippen molar-refractivity contribution in [1.29, 1.82) is 0 Å². The predicted octanol–water partition coefficient (Wildman–Crippen LogP) is 4.00. The Morgan fingerprint density at radius 3 is 2.76 bits per heavy atom. The van der Waals surface area contributed by atoms with Crippen molar-refractivity contribution < 1.29 is 9.59 Å². The molecule has 4 nitrogen and oxygen atoms in total. The second-order valence-electron chi connectivity index (χ2n) is 6.83. The van der Waals surface area contributed by atoms with E-state index in [2.05, 4.69) is 25.2 Å². The van der Waals surface area contributed by atoms with E-state index in [9.17, 15) is 9.59 Å². The summed E-state index contributed by atoms with van der Waals surface area (Å²) in [6.07, 6.45) is 1.56. The minimum atomic E-state index is -0.0679. The molecule has 1 N–H and O–H groups in total. The fraction of sp³-hybridized carbons (Fsp3) is 0.400. The normalized spacial score (nSPS) is 15.6. The molecule has 1 aliphatic rings. The summed E-state index contributed by atoms with van der Waals surface area (Å²) >= 11 is 1.66. The van der Waals surface area contributed by atoms with Crippen LogP contribution in [0.15, 0.2) is 41.8 Å². The number of carbonyl (C=O) groups excluding carboxylic acids is 2. The Balaban J connectivity index is 1.71. The first kappa shape index (κ1) is 17.7. The first-order valence-electron chi connectivity index (χ1n) is 8.75. The van der Waals surface area contributed by atoms with Gasteiger partial charge in [-0.2, -0.15) is 0 Å². The van der Waals surface area contributed by atoms with Gasteiger partial charge in [0.05, 0.1) is 6.04 Å². The van der Waals surface area contributed by atoms with Gasteiger partial charge in [-0.25, -0.2) is 0 Å². The number of carbonyl (C=O) groups is 2. The van der Waals surface area contributed by atoms with E-state index in [1.807, 2.05) is 40.6 Å². The van der Waals surface area contributed by atoms with E-state index in [0.29, 0.717) is 24.4 Å². The van der Waals surface area contributed by atoms with E-state index in [-0.39, 0.29) is 17.9 Å². The maximum absolute atomic E-state index is 12.7. The molecule has 3 rings (SSSR count). The molecule has 1 aromatic carbocycles. The number of thiophene rings is 1. The van der Waals surface area contributed by atoms with Crippen molar-refractivity contribution in [2.45, 2.75) is 39.3 Å². The zero-order chi connectivity index (χ0) is 17.8. The van der Waals surface area contributed by atoms with Crippen molar-refractivity contribution >= 4 is 23.2 Å². The summed E-state index contributed by atoms with van der Waals surface area (Å²) in [6, 6.07) is 11.7. The molecule has 0 bridgehead atoms. The molecule has 2 heterocycles. The number of hydrogen-bond acceptors (Lipinski definition) is 3. The first-order chi connectivity index (χ1) is 12.0. The molecule has 1 atom stereocenters. The van der Waals surface area contributed by atoms with E-state index in [4.69, 9.17) is 0 Å². The molecular weight excluding hydrogens is 332 g/mol. The highest BCUT2D eigenvalue weighted by Gasteiger charge is 2.22. The van der Waals surface area contributed by atoms with Crippen molar-refractivity contribution in [3.8, 4) is 0 Å². The van der Waals surface area contributed by atoms with Crippen LogP contribution < -0.4 is 5.32 Å². The molecule has 2 aromatic rings. The third-order valence-electron chi connectivity index (χ3n) is 4.54. The van der Waals surface area contributed by atoms with Gasteiger partial charge in [0.2, 0.25) is 5.91 Å². The Kier molecular flexibility index (Phi) is 5.53. The SMILES string of the molecule is CC(C)[C@@H](NC(=O)c1cccc(CN2CCCC2=O)c1)c1cccs1. The lowest BCUT2D eigenvalue weighted by molar-refractivity contribution is -0.128. The standard InChI is InChI=1S/C20H24N2O2S/c1-14(2)19(17-8-5-11-25-17)21-20(24)16-7-3-6-15(12-16)13-22-10-4-9-18(22)23/h3,5-8,11-12,14,19H,4,9-10,13H2,1-2H3,(H,21,24)/t19-/m1/s1. The molecule has 0 aliphatic carbocycles. The van der Waals surface area contributed by atoms with E-state index < -0.39 is 0 Å². The molecular formula is C20H24N2O2S. The van der Waals surface area contributed by atoms with Gasteiger partial charge >= 0.3 is 0 Å². The number of hydrogen-bond donors (Lipinski definition) is 1. The van der Waals surface area contributed by atoms with Crippen LogP contribution in [0.5, 0.6) is 0 Å². The number of amides is 2. The summed E-state index contributed by atoms with van der Waals surface area (Å²) in [4.78, 5) is 27.5. The van der Waals surface area contributed by atoms with Gasteiger partial charge in [0.25, 0.3) is 5.91 Å². The van der Waals surface area contributed by atoms with Gasteiger partial charge in [-0.1, -0.05) is 32.0 Å². The van der Waals surface area contributed by atoms with Crippen LogP contribution in [0.2, 0.25) is 0 Å². The molecule has 0 radical (unpaired) electrons. The van der Waals surface area contributed by atoms with Crippen LogP contribution in [0.3, 0.4) is 0 Å². The van der Waals surface area contributed by atoms with Crippen molar-refractivity contribution in [1.82, 2.24) is 10.2 Å². The molecule has 132 valence electrons. The lowest BCUT2D eigenvalue weighted by Gasteiger charge is -2.21. The number of nitrogens with zero attached hydrogens (tertiary/aromatic N) is 1. The molecule has 1 aliphatic heterocycles. The van der Waals surface area contributed by atoms with Crippen LogP contribution >= 0.6 is 11.3 Å². The van der Waals surface area contributed by atoms with Crippen molar-refractivity contribution in [3.63, 3.8) is 0 Å². The molecule has 25 heavy (non-hydrogen) atoms. The Bertz CT molecular complexity index is 740. The fourth-order valence-electron chi connectivity index (χ4n) is 3.16. The topological polar surface area (TPSA) is 49.4 Å². The fourth-order valence-corrected chi connectivity index (χ4v) is 4.11. The Labute approximate surface area is 152 Å². The summed E-state index contributed by atoms with van der Waals surface area (Å²) in [5.74, 6) is 0.446. The summed E-state index contributed by atoms with van der Waals surface area (Å²) in [5, 5.41) is 5.19. The average Bonchev–Trinajstić information content (AvgIpc) is 3.25. The van der Waals surface area contributed by atoms with Crippen LogP contribution in [0.1, 0.15) is 53.5 Å². The molecule has 2 amide bonds. The lowest BCUT2D eigenvalue weighted by atomic mass is 10.0. The van der Waals surface area contributed by atoms with E-state index in [0.717, 1.165) is 18.5 Å².